The lowest BCUT2D eigenvalue weighted by molar-refractivity contribution is -0.114. The lowest BCUT2D eigenvalue weighted by atomic mass is 9.99. The van der Waals surface area contributed by atoms with Gasteiger partial charge in [-0.05, 0) is 48.2 Å². The number of nitrogens with one attached hydrogen (secondary N) is 4. The third-order valence-electron chi connectivity index (χ3n) is 6.62. The summed E-state index contributed by atoms with van der Waals surface area (Å²) in [6.45, 7) is 3.91. The molecule has 48 heavy (non-hydrogen) atoms. The molecule has 0 aliphatic carbocycles. The van der Waals surface area contributed by atoms with Crippen LogP contribution in [0, 0.1) is 0 Å². The molecule has 0 spiro atoms. The fourth-order valence-corrected chi connectivity index (χ4v) is 5.92. The van der Waals surface area contributed by atoms with Crippen LogP contribution in [-0.4, -0.2) is 65.4 Å². The Hall–Kier alpha value is -5.22. The number of nitrogens with zero attached hydrogens (tertiary/aromatic N) is 2. The van der Waals surface area contributed by atoms with E-state index in [1.54, 1.807) is 0 Å². The molecule has 0 fully saturated rings. The summed E-state index contributed by atoms with van der Waals surface area (Å²) in [5.41, 5.74) is 0.831. The Morgan fingerprint density at radius 2 is 1.06 bits per heavy atom. The van der Waals surface area contributed by atoms with Crippen molar-refractivity contribution in [2.45, 2.75) is 49.8 Å². The summed E-state index contributed by atoms with van der Waals surface area (Å²) in [6, 6.07) is 11.2. The fraction of sp³-hybridized carbons (Fsp3) is 0.250. The number of carbonyl (C=O) groups is 4. The van der Waals surface area contributed by atoms with E-state index in [4.69, 9.17) is 0 Å². The zero-order chi connectivity index (χ0) is 34.8. The second-order valence-corrected chi connectivity index (χ2v) is 12.3. The normalized spacial score (nSPS) is 10.8. The molecule has 0 unspecified atom stereocenters. The van der Waals surface area contributed by atoms with Gasteiger partial charge >= 0.3 is 11.9 Å². The van der Waals surface area contributed by atoms with Gasteiger partial charge in [0.15, 0.2) is 10.3 Å². The maximum absolute atomic E-state index is 12.7. The van der Waals surface area contributed by atoms with E-state index >= 15 is 0 Å². The number of rotatable bonds is 15. The fourth-order valence-electron chi connectivity index (χ4n) is 4.53. The highest BCUT2D eigenvalue weighted by molar-refractivity contribution is 8.00. The van der Waals surface area contributed by atoms with Gasteiger partial charge in [-0.15, -0.1) is 0 Å². The highest BCUT2D eigenvalue weighted by atomic mass is 32.2. The van der Waals surface area contributed by atoms with Gasteiger partial charge in [0.2, 0.25) is 11.8 Å². The average molecular weight is 693 g/mol. The van der Waals surface area contributed by atoms with Crippen LogP contribution < -0.4 is 21.8 Å². The van der Waals surface area contributed by atoms with Gasteiger partial charge in [-0.25, -0.2) is 19.6 Å². The van der Waals surface area contributed by atoms with Crippen molar-refractivity contribution in [1.82, 2.24) is 19.9 Å². The Bertz CT molecular complexity index is 1840. The molecular formula is C32H32N6O8S2. The number of anilines is 2. The second-order valence-electron chi connectivity index (χ2n) is 10.4. The predicted molar refractivity (Wildman–Crippen MR) is 182 cm³/mol. The van der Waals surface area contributed by atoms with Crippen LogP contribution in [0.1, 0.15) is 58.8 Å². The van der Waals surface area contributed by atoms with Gasteiger partial charge in [0, 0.05) is 23.5 Å². The first-order chi connectivity index (χ1) is 22.9. The van der Waals surface area contributed by atoms with Crippen LogP contribution in [-0.2, 0) is 22.4 Å². The first-order valence-electron chi connectivity index (χ1n) is 14.8. The van der Waals surface area contributed by atoms with Crippen molar-refractivity contribution in [2.24, 2.45) is 0 Å². The summed E-state index contributed by atoms with van der Waals surface area (Å²) >= 11 is 2.00. The first kappa shape index (κ1) is 35.6. The molecule has 16 heteroatoms. The third-order valence-corrected chi connectivity index (χ3v) is 8.37. The van der Waals surface area contributed by atoms with Crippen molar-refractivity contribution < 1.29 is 29.4 Å². The van der Waals surface area contributed by atoms with Crippen LogP contribution in [0.2, 0.25) is 0 Å². The van der Waals surface area contributed by atoms with Gasteiger partial charge < -0.3 is 30.8 Å². The number of carboxylic acids is 2. The molecule has 2 aromatic heterocycles. The Labute approximate surface area is 282 Å². The Balaban J connectivity index is 1.46. The van der Waals surface area contributed by atoms with Gasteiger partial charge in [-0.2, -0.15) is 0 Å². The second kappa shape index (κ2) is 16.6. The van der Waals surface area contributed by atoms with Crippen LogP contribution in [0.5, 0.6) is 0 Å². The number of aromatic nitrogens is 4. The molecule has 4 rings (SSSR count). The Kier molecular flexibility index (Phi) is 12.3. The number of carbonyl (C=O) groups excluding carboxylic acids is 2. The molecule has 0 saturated heterocycles. The average Bonchev–Trinajstić information content (AvgIpc) is 3.03. The summed E-state index contributed by atoms with van der Waals surface area (Å²) in [7, 11) is 0. The maximum Gasteiger partial charge on any atom is 0.337 e. The minimum absolute atomic E-state index is 0.0222. The Morgan fingerprint density at radius 3 is 1.42 bits per heavy atom. The molecule has 4 aromatic rings. The van der Waals surface area contributed by atoms with E-state index in [-0.39, 0.29) is 55.4 Å². The van der Waals surface area contributed by atoms with Crippen molar-refractivity contribution in [3.63, 3.8) is 0 Å². The van der Waals surface area contributed by atoms with Gasteiger partial charge in [-0.3, -0.25) is 19.2 Å². The minimum Gasteiger partial charge on any atom is -0.478 e. The van der Waals surface area contributed by atoms with Crippen LogP contribution in [0.15, 0.2) is 68.4 Å². The van der Waals surface area contributed by atoms with E-state index < -0.39 is 23.8 Å². The van der Waals surface area contributed by atoms with Crippen LogP contribution >= 0.6 is 23.5 Å². The van der Waals surface area contributed by atoms with Crippen LogP contribution in [0.4, 0.5) is 11.4 Å². The summed E-state index contributed by atoms with van der Waals surface area (Å²) in [5, 5.41) is 25.4. The van der Waals surface area contributed by atoms with Gasteiger partial charge in [-0.1, -0.05) is 62.3 Å². The number of hydrogen-bond donors (Lipinski definition) is 6. The predicted octanol–water partition coefficient (Wildman–Crippen LogP) is 4.28. The van der Waals surface area contributed by atoms with Crippen molar-refractivity contribution >= 4 is 58.7 Å². The van der Waals surface area contributed by atoms with Crippen molar-refractivity contribution in [2.75, 3.05) is 22.1 Å². The number of amides is 2. The number of aromatic amines is 2. The minimum atomic E-state index is -1.33. The zero-order valence-electron chi connectivity index (χ0n) is 25.9. The number of benzene rings is 2. The smallest absolute Gasteiger partial charge is 0.337 e. The number of aryl methyl sites for hydroxylation is 2. The molecule has 0 saturated carbocycles. The molecule has 2 heterocycles. The number of aromatic carboxylic acids is 2. The third kappa shape index (κ3) is 9.89. The molecule has 0 aliphatic heterocycles. The molecule has 250 valence electrons. The van der Waals surface area contributed by atoms with Gasteiger partial charge in [0.1, 0.15) is 0 Å². The number of carboxylic acid groups (broad SMARTS) is 2. The standard InChI is InChI=1S/C32H32N6O8S2/c1-3-5-19-13-25(39)37-31(33-19)47-15-27(41)35-23-9-7-17(11-21(23)29(43)44)18-8-10-24(22(12-18)30(45)46)36-28(42)16-48-32-34-20(6-4-2)14-26(40)38-32/h7-14H,3-6,15-16H2,1-2H3,(H,35,41)(H,36,42)(H,43,44)(H,45,46)(H,33,37,39)(H,34,38,40). The number of thioether (sulfide) groups is 2. The lowest BCUT2D eigenvalue weighted by Crippen LogP contribution is -2.18. The zero-order valence-corrected chi connectivity index (χ0v) is 27.5. The summed E-state index contributed by atoms with van der Waals surface area (Å²) in [4.78, 5) is 87.1. The van der Waals surface area contributed by atoms with E-state index in [1.807, 2.05) is 13.8 Å². The molecule has 14 nitrogen and oxygen atoms in total. The molecule has 2 aromatic carbocycles. The largest absolute Gasteiger partial charge is 0.478 e. The highest BCUT2D eigenvalue weighted by Crippen LogP contribution is 2.29. The molecule has 0 radical (unpaired) electrons. The van der Waals surface area contributed by atoms with Gasteiger partial charge in [0.25, 0.3) is 11.1 Å². The summed E-state index contributed by atoms with van der Waals surface area (Å²) in [5.74, 6) is -4.00. The number of hydrogen-bond acceptors (Lipinski definition) is 10. The molecular weight excluding hydrogens is 661 g/mol. The van der Waals surface area contributed by atoms with E-state index in [0.29, 0.717) is 35.4 Å². The SMILES string of the molecule is CCCc1cc(=O)[nH]c(SCC(=O)Nc2ccc(-c3ccc(NC(=O)CSc4nc(CCC)cc(=O)[nH]4)c(C(=O)O)c3)cc2C(=O)O)n1. The van der Waals surface area contributed by atoms with Crippen molar-refractivity contribution in [3.8, 4) is 11.1 Å². The highest BCUT2D eigenvalue weighted by Gasteiger charge is 2.18. The first-order valence-corrected chi connectivity index (χ1v) is 16.7. The Morgan fingerprint density at radius 1 is 0.667 bits per heavy atom. The lowest BCUT2D eigenvalue weighted by Gasteiger charge is -2.13. The quantitative estimate of drug-likeness (QED) is 0.0758. The van der Waals surface area contributed by atoms with Crippen LogP contribution in [0.25, 0.3) is 11.1 Å². The van der Waals surface area contributed by atoms with E-state index in [1.165, 1.54) is 48.5 Å². The van der Waals surface area contributed by atoms with Crippen molar-refractivity contribution in [3.05, 3.63) is 91.8 Å². The monoisotopic (exact) mass is 692 g/mol. The van der Waals surface area contributed by atoms with E-state index in [9.17, 15) is 39.0 Å². The van der Waals surface area contributed by atoms with E-state index in [0.717, 1.165) is 36.4 Å². The molecule has 0 bridgehead atoms. The summed E-state index contributed by atoms with van der Waals surface area (Å²) < 4.78 is 0. The topological polar surface area (TPSA) is 224 Å². The molecule has 2 amide bonds. The maximum atomic E-state index is 12.7. The van der Waals surface area contributed by atoms with Gasteiger partial charge in [0.05, 0.1) is 34.0 Å². The molecule has 0 aliphatic rings. The molecule has 6 N–H and O–H groups in total. The number of H-pyrrole nitrogens is 2. The van der Waals surface area contributed by atoms with E-state index in [2.05, 4.69) is 30.6 Å². The molecule has 0 atom stereocenters. The van der Waals surface area contributed by atoms with Crippen LogP contribution in [0.3, 0.4) is 0 Å². The van der Waals surface area contributed by atoms with Crippen molar-refractivity contribution in [1.29, 1.82) is 0 Å². The summed E-state index contributed by atoms with van der Waals surface area (Å²) in [6.07, 6.45) is 2.81.